The molecule has 0 spiro atoms. The molecule has 126 valence electrons. The molecule has 0 saturated heterocycles. The lowest BCUT2D eigenvalue weighted by Crippen LogP contribution is -2.11. The number of aryl methyl sites for hydroxylation is 1. The summed E-state index contributed by atoms with van der Waals surface area (Å²) in [6.07, 6.45) is 1.43. The molecule has 0 bridgehead atoms. The molecule has 0 aliphatic rings. The molecular weight excluding hydrogens is 308 g/mol. The predicted octanol–water partition coefficient (Wildman–Crippen LogP) is 1.76. The number of hydrogen-bond acceptors (Lipinski definition) is 5. The molecular formula is C18H20N2O4. The standard InChI is InChI=1S/C18H20N2O4/c1-2-24-16(21)8-7-15-11-14(9-10-20-15)17(22)12-3-5-13(6-4-12)18(19)23/h3-6,9-11,17,22H,2,7-8H2,1H3,(H2,19,23). The molecule has 1 unspecified atom stereocenters. The number of benzene rings is 1. The lowest BCUT2D eigenvalue weighted by Gasteiger charge is -2.13. The first-order chi connectivity index (χ1) is 11.5. The van der Waals surface area contributed by atoms with Crippen molar-refractivity contribution in [3.05, 3.63) is 65.0 Å². The van der Waals surface area contributed by atoms with Crippen molar-refractivity contribution in [2.75, 3.05) is 6.61 Å². The lowest BCUT2D eigenvalue weighted by atomic mass is 10.00. The number of nitrogens with zero attached hydrogens (tertiary/aromatic N) is 1. The smallest absolute Gasteiger partial charge is 0.306 e. The number of nitrogens with two attached hydrogens (primary N) is 1. The average Bonchev–Trinajstić information content (AvgIpc) is 2.60. The van der Waals surface area contributed by atoms with E-state index < -0.39 is 12.0 Å². The van der Waals surface area contributed by atoms with Crippen molar-refractivity contribution in [1.29, 1.82) is 0 Å². The first-order valence-corrected chi connectivity index (χ1v) is 7.69. The normalized spacial score (nSPS) is 11.8. The van der Waals surface area contributed by atoms with Gasteiger partial charge in [0.2, 0.25) is 5.91 Å². The first kappa shape index (κ1) is 17.6. The summed E-state index contributed by atoms with van der Waals surface area (Å²) in [5, 5.41) is 10.5. The molecule has 0 fully saturated rings. The molecule has 6 heteroatoms. The number of esters is 1. The molecule has 1 aromatic heterocycles. The van der Waals surface area contributed by atoms with Gasteiger partial charge in [-0.1, -0.05) is 12.1 Å². The Balaban J connectivity index is 2.09. The van der Waals surface area contributed by atoms with Gasteiger partial charge in [-0.3, -0.25) is 14.6 Å². The summed E-state index contributed by atoms with van der Waals surface area (Å²) in [7, 11) is 0. The van der Waals surface area contributed by atoms with E-state index in [2.05, 4.69) is 4.98 Å². The molecule has 24 heavy (non-hydrogen) atoms. The van der Waals surface area contributed by atoms with Crippen LogP contribution in [0.5, 0.6) is 0 Å². The van der Waals surface area contributed by atoms with Crippen LogP contribution >= 0.6 is 0 Å². The van der Waals surface area contributed by atoms with Gasteiger partial charge in [0.15, 0.2) is 0 Å². The van der Waals surface area contributed by atoms with Crippen LogP contribution in [0.3, 0.4) is 0 Å². The third-order valence-electron chi connectivity index (χ3n) is 3.56. The van der Waals surface area contributed by atoms with Crippen molar-refractivity contribution in [1.82, 2.24) is 4.98 Å². The van der Waals surface area contributed by atoms with Gasteiger partial charge in [-0.05, 0) is 42.3 Å². The molecule has 2 aromatic rings. The molecule has 3 N–H and O–H groups in total. The van der Waals surface area contributed by atoms with Crippen LogP contribution in [0, 0.1) is 0 Å². The summed E-state index contributed by atoms with van der Waals surface area (Å²) in [4.78, 5) is 26.7. The summed E-state index contributed by atoms with van der Waals surface area (Å²) in [6, 6.07) is 9.92. The summed E-state index contributed by atoms with van der Waals surface area (Å²) in [6.45, 7) is 2.11. The zero-order valence-electron chi connectivity index (χ0n) is 13.4. The maximum atomic E-state index is 11.4. The zero-order chi connectivity index (χ0) is 17.5. The quantitative estimate of drug-likeness (QED) is 0.754. The van der Waals surface area contributed by atoms with Crippen LogP contribution in [0.2, 0.25) is 0 Å². The SMILES string of the molecule is CCOC(=O)CCc1cc(C(O)c2ccc(C(N)=O)cc2)ccn1. The summed E-state index contributed by atoms with van der Waals surface area (Å²) >= 11 is 0. The molecule has 1 heterocycles. The maximum Gasteiger partial charge on any atom is 0.306 e. The number of ether oxygens (including phenoxy) is 1. The summed E-state index contributed by atoms with van der Waals surface area (Å²) < 4.78 is 4.89. The number of amides is 1. The van der Waals surface area contributed by atoms with Gasteiger partial charge < -0.3 is 15.6 Å². The Morgan fingerprint density at radius 3 is 2.54 bits per heavy atom. The van der Waals surface area contributed by atoms with Crippen molar-refractivity contribution in [2.45, 2.75) is 25.9 Å². The Kier molecular flexibility index (Phi) is 6.03. The highest BCUT2D eigenvalue weighted by Crippen LogP contribution is 2.22. The van der Waals surface area contributed by atoms with Gasteiger partial charge in [0.1, 0.15) is 6.10 Å². The molecule has 1 amide bonds. The van der Waals surface area contributed by atoms with Gasteiger partial charge in [-0.2, -0.15) is 0 Å². The minimum Gasteiger partial charge on any atom is -0.466 e. The highest BCUT2D eigenvalue weighted by molar-refractivity contribution is 5.92. The number of aliphatic hydroxyl groups is 1. The molecule has 6 nitrogen and oxygen atoms in total. The van der Waals surface area contributed by atoms with Crippen LogP contribution in [-0.2, 0) is 16.0 Å². The van der Waals surface area contributed by atoms with Gasteiger partial charge in [0, 0.05) is 23.9 Å². The summed E-state index contributed by atoms with van der Waals surface area (Å²) in [5.74, 6) is -0.784. The van der Waals surface area contributed by atoms with Crippen LogP contribution in [-0.4, -0.2) is 28.6 Å². The highest BCUT2D eigenvalue weighted by atomic mass is 16.5. The number of carbonyl (C=O) groups is 2. The van der Waals surface area contributed by atoms with E-state index in [-0.39, 0.29) is 12.4 Å². The Bertz CT molecular complexity index is 713. The van der Waals surface area contributed by atoms with E-state index in [1.807, 2.05) is 0 Å². The second kappa shape index (κ2) is 8.21. The highest BCUT2D eigenvalue weighted by Gasteiger charge is 2.13. The lowest BCUT2D eigenvalue weighted by molar-refractivity contribution is -0.143. The molecule has 1 atom stereocenters. The third kappa shape index (κ3) is 4.63. The number of aromatic nitrogens is 1. The fraction of sp³-hybridized carbons (Fsp3) is 0.278. The number of rotatable bonds is 7. The zero-order valence-corrected chi connectivity index (χ0v) is 13.4. The van der Waals surface area contributed by atoms with E-state index in [1.165, 1.54) is 0 Å². The van der Waals surface area contributed by atoms with Gasteiger partial charge >= 0.3 is 5.97 Å². The molecule has 0 aliphatic heterocycles. The minimum absolute atomic E-state index is 0.244. The fourth-order valence-corrected chi connectivity index (χ4v) is 2.29. The topological polar surface area (TPSA) is 103 Å². The monoisotopic (exact) mass is 328 g/mol. The Morgan fingerprint density at radius 1 is 1.21 bits per heavy atom. The second-order valence-corrected chi connectivity index (χ2v) is 5.27. The Morgan fingerprint density at radius 2 is 1.92 bits per heavy atom. The minimum atomic E-state index is -0.851. The van der Waals surface area contributed by atoms with Gasteiger partial charge in [-0.25, -0.2) is 0 Å². The van der Waals surface area contributed by atoms with Crippen LogP contribution in [0.15, 0.2) is 42.6 Å². The van der Waals surface area contributed by atoms with Crippen LogP contribution in [0.1, 0.15) is 46.6 Å². The first-order valence-electron chi connectivity index (χ1n) is 7.69. The summed E-state index contributed by atoms with van der Waals surface area (Å²) in [5.41, 5.74) is 7.59. The van der Waals surface area contributed by atoms with Crippen LogP contribution < -0.4 is 5.73 Å². The Hall–Kier alpha value is -2.73. The van der Waals surface area contributed by atoms with Gasteiger partial charge in [-0.15, -0.1) is 0 Å². The van der Waals surface area contributed by atoms with E-state index in [4.69, 9.17) is 10.5 Å². The van der Waals surface area contributed by atoms with Crippen molar-refractivity contribution in [2.24, 2.45) is 5.73 Å². The van der Waals surface area contributed by atoms with E-state index in [1.54, 1.807) is 49.5 Å². The maximum absolute atomic E-state index is 11.4. The van der Waals surface area contributed by atoms with Crippen molar-refractivity contribution >= 4 is 11.9 Å². The van der Waals surface area contributed by atoms with Crippen molar-refractivity contribution in [3.8, 4) is 0 Å². The number of hydrogen-bond donors (Lipinski definition) is 2. The van der Waals surface area contributed by atoms with Gasteiger partial charge in [0.25, 0.3) is 0 Å². The predicted molar refractivity (Wildman–Crippen MR) is 88.2 cm³/mol. The second-order valence-electron chi connectivity index (χ2n) is 5.27. The molecule has 0 radical (unpaired) electrons. The van der Waals surface area contributed by atoms with Crippen LogP contribution in [0.25, 0.3) is 0 Å². The van der Waals surface area contributed by atoms with E-state index in [0.29, 0.717) is 35.4 Å². The number of primary amides is 1. The van der Waals surface area contributed by atoms with Crippen LogP contribution in [0.4, 0.5) is 0 Å². The molecule has 2 rings (SSSR count). The van der Waals surface area contributed by atoms with E-state index in [9.17, 15) is 14.7 Å². The Labute approximate surface area is 140 Å². The number of aliphatic hydroxyl groups excluding tert-OH is 1. The third-order valence-corrected chi connectivity index (χ3v) is 3.56. The molecule has 1 aromatic carbocycles. The van der Waals surface area contributed by atoms with E-state index >= 15 is 0 Å². The largest absolute Gasteiger partial charge is 0.466 e. The van der Waals surface area contributed by atoms with E-state index in [0.717, 1.165) is 0 Å². The fourth-order valence-electron chi connectivity index (χ4n) is 2.29. The number of carbonyl (C=O) groups excluding carboxylic acids is 2. The van der Waals surface area contributed by atoms with Gasteiger partial charge in [0.05, 0.1) is 13.0 Å². The average molecular weight is 328 g/mol. The molecule has 0 aliphatic carbocycles. The van der Waals surface area contributed by atoms with Crippen molar-refractivity contribution < 1.29 is 19.4 Å². The molecule has 0 saturated carbocycles. The van der Waals surface area contributed by atoms with Crippen molar-refractivity contribution in [3.63, 3.8) is 0 Å². The number of pyridine rings is 1.